The van der Waals surface area contributed by atoms with Gasteiger partial charge in [0.05, 0.1) is 6.04 Å². The number of hydrogen-bond acceptors (Lipinski definition) is 6. The first-order chi connectivity index (χ1) is 14.4. The summed E-state index contributed by atoms with van der Waals surface area (Å²) in [6.07, 6.45) is 9.26. The van der Waals surface area contributed by atoms with Crippen LogP contribution in [0.15, 0.2) is 48.0 Å². The van der Waals surface area contributed by atoms with Crippen LogP contribution in [0.2, 0.25) is 0 Å². The van der Waals surface area contributed by atoms with Crippen LogP contribution < -0.4 is 10.1 Å². The predicted octanol–water partition coefficient (Wildman–Crippen LogP) is 3.60. The smallest absolute Gasteiger partial charge is 0.258 e. The largest absolute Gasteiger partial charge is 0.438 e. The Kier molecular flexibility index (Phi) is 5.85. The van der Waals surface area contributed by atoms with Crippen molar-refractivity contribution in [1.82, 2.24) is 15.3 Å². The molecule has 0 radical (unpaired) electrons. The number of rotatable bonds is 8. The molecule has 7 nitrogen and oxygen atoms in total. The third-order valence-electron chi connectivity index (χ3n) is 5.41. The summed E-state index contributed by atoms with van der Waals surface area (Å²) in [5, 5.41) is 4.11. The molecule has 2 aliphatic rings. The van der Waals surface area contributed by atoms with Gasteiger partial charge in [0.15, 0.2) is 9.84 Å². The van der Waals surface area contributed by atoms with Crippen molar-refractivity contribution in [2.45, 2.75) is 44.1 Å². The quantitative estimate of drug-likeness (QED) is 0.691. The highest BCUT2D eigenvalue weighted by molar-refractivity contribution is 7.93. The summed E-state index contributed by atoms with van der Waals surface area (Å²) in [4.78, 5) is 22.0. The average Bonchev–Trinajstić information content (AvgIpc) is 3.50. The fourth-order valence-corrected chi connectivity index (χ4v) is 3.78. The predicted molar refractivity (Wildman–Crippen MR) is 113 cm³/mol. The molecule has 8 heteroatoms. The minimum Gasteiger partial charge on any atom is -0.438 e. The molecule has 4 rings (SSSR count). The Labute approximate surface area is 176 Å². The highest BCUT2D eigenvalue weighted by Gasteiger charge is 2.31. The lowest BCUT2D eigenvalue weighted by molar-refractivity contribution is 0.0915. The zero-order chi connectivity index (χ0) is 21.1. The van der Waals surface area contributed by atoms with E-state index in [1.54, 1.807) is 18.2 Å². The molecule has 1 heterocycles. The van der Waals surface area contributed by atoms with E-state index in [1.807, 2.05) is 18.2 Å². The van der Waals surface area contributed by atoms with Gasteiger partial charge in [-0.25, -0.2) is 13.4 Å². The summed E-state index contributed by atoms with van der Waals surface area (Å²) in [7, 11) is -3.28. The first kappa shape index (κ1) is 20.5. The topological polar surface area (TPSA) is 98.2 Å². The number of carbonyl (C=O) groups excluding carboxylic acids is 1. The van der Waals surface area contributed by atoms with Crippen LogP contribution >= 0.6 is 0 Å². The normalized spacial score (nSPS) is 18.0. The number of aromatic nitrogens is 2. The monoisotopic (exact) mass is 427 g/mol. The van der Waals surface area contributed by atoms with E-state index in [2.05, 4.69) is 15.3 Å². The number of amides is 1. The third-order valence-corrected chi connectivity index (χ3v) is 6.06. The maximum absolute atomic E-state index is 13.1. The van der Waals surface area contributed by atoms with Crippen molar-refractivity contribution in [1.29, 1.82) is 0 Å². The van der Waals surface area contributed by atoms with E-state index in [0.717, 1.165) is 43.8 Å². The van der Waals surface area contributed by atoms with Crippen LogP contribution in [0.3, 0.4) is 0 Å². The number of nitrogens with one attached hydrogen (secondary N) is 1. The number of ether oxygens (including phenoxy) is 1. The number of benzene rings is 1. The van der Waals surface area contributed by atoms with Gasteiger partial charge in [-0.05, 0) is 43.7 Å². The molecule has 1 amide bonds. The van der Waals surface area contributed by atoms with E-state index in [4.69, 9.17) is 4.74 Å². The van der Waals surface area contributed by atoms with Gasteiger partial charge in [0.25, 0.3) is 5.91 Å². The van der Waals surface area contributed by atoms with Crippen molar-refractivity contribution < 1.29 is 17.9 Å². The number of hydrogen-bond donors (Lipinski definition) is 1. The Balaban J connectivity index is 1.59. The van der Waals surface area contributed by atoms with Gasteiger partial charge in [0, 0.05) is 23.8 Å². The van der Waals surface area contributed by atoms with Crippen molar-refractivity contribution in [2.75, 3.05) is 6.26 Å². The number of sulfone groups is 1. The summed E-state index contributed by atoms with van der Waals surface area (Å²) >= 11 is 0. The molecule has 1 unspecified atom stereocenters. The molecule has 2 fully saturated rings. The highest BCUT2D eigenvalue weighted by Crippen LogP contribution is 2.39. The fraction of sp³-hybridized carbons (Fsp3) is 0.409. The summed E-state index contributed by atoms with van der Waals surface area (Å²) in [6.45, 7) is 0. The van der Waals surface area contributed by atoms with Gasteiger partial charge in [-0.15, -0.1) is 0 Å². The zero-order valence-electron chi connectivity index (χ0n) is 16.8. The van der Waals surface area contributed by atoms with E-state index >= 15 is 0 Å². The molecule has 0 aliphatic heterocycles. The van der Waals surface area contributed by atoms with Crippen LogP contribution in [0.25, 0.3) is 0 Å². The summed E-state index contributed by atoms with van der Waals surface area (Å²) in [6, 6.07) is 8.81. The molecule has 0 spiro atoms. The van der Waals surface area contributed by atoms with Gasteiger partial charge in [-0.1, -0.05) is 30.7 Å². The van der Waals surface area contributed by atoms with Gasteiger partial charge in [0.2, 0.25) is 5.88 Å². The molecule has 1 N–H and O–H groups in total. The Hall–Kier alpha value is -2.74. The van der Waals surface area contributed by atoms with Gasteiger partial charge >= 0.3 is 0 Å². The first-order valence-electron chi connectivity index (χ1n) is 10.2. The molecular formula is C22H25N3O4S. The molecule has 1 aromatic heterocycles. The van der Waals surface area contributed by atoms with Crippen LogP contribution in [-0.2, 0) is 9.84 Å². The van der Waals surface area contributed by atoms with Gasteiger partial charge < -0.3 is 10.1 Å². The molecule has 30 heavy (non-hydrogen) atoms. The minimum absolute atomic E-state index is 0.218. The lowest BCUT2D eigenvalue weighted by Gasteiger charge is -2.32. The van der Waals surface area contributed by atoms with Gasteiger partial charge in [-0.2, -0.15) is 4.98 Å². The fourth-order valence-electron chi connectivity index (χ4n) is 3.33. The molecule has 158 valence electrons. The maximum Gasteiger partial charge on any atom is 0.258 e. The summed E-state index contributed by atoms with van der Waals surface area (Å²) < 4.78 is 29.0. The minimum atomic E-state index is -3.28. The second kappa shape index (κ2) is 8.55. The van der Waals surface area contributed by atoms with Gasteiger partial charge in [-0.3, -0.25) is 4.79 Å². The van der Waals surface area contributed by atoms with E-state index in [1.165, 1.54) is 6.20 Å². The van der Waals surface area contributed by atoms with Crippen LogP contribution in [0.4, 0.5) is 0 Å². The first-order valence-corrected chi connectivity index (χ1v) is 12.1. The lowest BCUT2D eigenvalue weighted by atomic mass is 9.79. The van der Waals surface area contributed by atoms with E-state index in [-0.39, 0.29) is 29.3 Å². The van der Waals surface area contributed by atoms with Crippen LogP contribution in [0, 0.1) is 5.92 Å². The zero-order valence-corrected chi connectivity index (χ0v) is 17.6. The van der Waals surface area contributed by atoms with Crippen molar-refractivity contribution in [3.05, 3.63) is 59.4 Å². The SMILES string of the molecule is CS(=O)(=O)/C=C/C(NC(=O)c1cnc(C2CC2)nc1Oc1ccccc1)C1CCC1. The van der Waals surface area contributed by atoms with Crippen LogP contribution in [0.1, 0.15) is 54.2 Å². The summed E-state index contributed by atoms with van der Waals surface area (Å²) in [5.74, 6) is 1.65. The molecule has 2 aliphatic carbocycles. The Bertz CT molecular complexity index is 1050. The van der Waals surface area contributed by atoms with Crippen molar-refractivity contribution in [3.8, 4) is 11.6 Å². The summed E-state index contributed by atoms with van der Waals surface area (Å²) in [5.41, 5.74) is 0.236. The van der Waals surface area contributed by atoms with Crippen LogP contribution in [0.5, 0.6) is 11.6 Å². The van der Waals surface area contributed by atoms with E-state index in [0.29, 0.717) is 17.5 Å². The number of nitrogens with zero attached hydrogens (tertiary/aromatic N) is 2. The van der Waals surface area contributed by atoms with E-state index < -0.39 is 9.84 Å². The Morgan fingerprint density at radius 3 is 2.53 bits per heavy atom. The molecule has 1 atom stereocenters. The van der Waals surface area contributed by atoms with Gasteiger partial charge in [0.1, 0.15) is 17.1 Å². The van der Waals surface area contributed by atoms with Crippen LogP contribution in [-0.4, -0.2) is 36.6 Å². The molecule has 0 saturated heterocycles. The Morgan fingerprint density at radius 2 is 1.93 bits per heavy atom. The van der Waals surface area contributed by atoms with Crippen molar-refractivity contribution in [2.24, 2.45) is 5.92 Å². The highest BCUT2D eigenvalue weighted by atomic mass is 32.2. The molecule has 2 saturated carbocycles. The van der Waals surface area contributed by atoms with Crippen molar-refractivity contribution in [3.63, 3.8) is 0 Å². The lowest BCUT2D eigenvalue weighted by Crippen LogP contribution is -2.41. The van der Waals surface area contributed by atoms with E-state index in [9.17, 15) is 13.2 Å². The molecular weight excluding hydrogens is 402 g/mol. The second-order valence-electron chi connectivity index (χ2n) is 7.98. The third kappa shape index (κ3) is 5.24. The number of carbonyl (C=O) groups is 1. The standard InChI is InChI=1S/C22H25N3O4S/c1-30(27,28)13-12-19(15-6-5-7-15)24-21(26)18-14-23-20(16-10-11-16)25-22(18)29-17-8-3-2-4-9-17/h2-4,8-9,12-16,19H,5-7,10-11H2,1H3,(H,24,26)/b13-12+. The molecule has 0 bridgehead atoms. The Morgan fingerprint density at radius 1 is 1.20 bits per heavy atom. The molecule has 1 aromatic carbocycles. The van der Waals surface area contributed by atoms with Crippen molar-refractivity contribution >= 4 is 15.7 Å². The second-order valence-corrected chi connectivity index (χ2v) is 9.92. The average molecular weight is 428 g/mol. The maximum atomic E-state index is 13.1. The number of para-hydroxylation sites is 1. The molecule has 2 aromatic rings.